The summed E-state index contributed by atoms with van der Waals surface area (Å²) in [4.78, 5) is 16.7. The molecule has 1 unspecified atom stereocenters. The van der Waals surface area contributed by atoms with Crippen LogP contribution in [0.15, 0.2) is 41.2 Å². The molecule has 1 aliphatic heterocycles. The topological polar surface area (TPSA) is 76.3 Å². The number of hydrogen-bond acceptors (Lipinski definition) is 4. The molecule has 0 aliphatic carbocycles. The van der Waals surface area contributed by atoms with Gasteiger partial charge in [0.25, 0.3) is 0 Å². The number of carbonyl (C=O) groups is 1. The quantitative estimate of drug-likeness (QED) is 0.938. The number of nitrogens with zero attached hydrogens (tertiary/aromatic N) is 3. The average Bonchev–Trinajstić information content (AvgIpc) is 2.95. The Morgan fingerprint density at radius 3 is 2.96 bits per heavy atom. The van der Waals surface area contributed by atoms with Crippen LogP contribution >= 0.6 is 0 Å². The third kappa shape index (κ3) is 3.79. The van der Waals surface area contributed by atoms with E-state index in [1.165, 1.54) is 5.69 Å². The normalized spacial score (nSPS) is 17.4. The van der Waals surface area contributed by atoms with Gasteiger partial charge in [0, 0.05) is 40.7 Å². The number of imidazole rings is 1. The molecule has 1 aliphatic rings. The molecule has 23 heavy (non-hydrogen) atoms. The van der Waals surface area contributed by atoms with Crippen LogP contribution in [-0.4, -0.2) is 32.2 Å². The van der Waals surface area contributed by atoms with Crippen molar-refractivity contribution in [2.24, 2.45) is 10.3 Å². The Balaban J connectivity index is 1.78. The molecule has 0 spiro atoms. The van der Waals surface area contributed by atoms with E-state index < -0.39 is 9.73 Å². The standard InChI is InChI=1S/C16H20N4O2S/c1-23(2,22)19-15-6-4-3-5-14(15)18-16(21)12-7-8-13-9-17-11-20(13)10-12/h3-6,9,11-12H,7-8,10H2,1-2H3,(H,18,21). The van der Waals surface area contributed by atoms with Crippen molar-refractivity contribution in [2.75, 3.05) is 17.8 Å². The lowest BCUT2D eigenvalue weighted by Crippen LogP contribution is -2.30. The molecule has 0 saturated heterocycles. The predicted octanol–water partition coefficient (Wildman–Crippen LogP) is 2.44. The number of fused-ring (bicyclic) bond motifs is 1. The molecular weight excluding hydrogens is 312 g/mol. The Hall–Kier alpha value is -2.15. The summed E-state index contributed by atoms with van der Waals surface area (Å²) in [5, 5.41) is 2.93. The van der Waals surface area contributed by atoms with Gasteiger partial charge >= 0.3 is 0 Å². The molecule has 3 rings (SSSR count). The number of benzene rings is 1. The Morgan fingerprint density at radius 1 is 1.39 bits per heavy atom. The number of hydrogen-bond donors (Lipinski definition) is 1. The third-order valence-corrected chi connectivity index (χ3v) is 4.45. The predicted molar refractivity (Wildman–Crippen MR) is 91.2 cm³/mol. The zero-order valence-corrected chi connectivity index (χ0v) is 14.0. The molecule has 0 saturated carbocycles. The van der Waals surface area contributed by atoms with Crippen LogP contribution in [0.2, 0.25) is 0 Å². The maximum Gasteiger partial charge on any atom is 0.229 e. The fourth-order valence-corrected chi connectivity index (χ4v) is 3.35. The van der Waals surface area contributed by atoms with Gasteiger partial charge in [-0.2, -0.15) is 4.36 Å². The average molecular weight is 332 g/mol. The minimum atomic E-state index is -2.28. The van der Waals surface area contributed by atoms with E-state index in [1.807, 2.05) is 22.9 Å². The van der Waals surface area contributed by atoms with E-state index in [1.54, 1.807) is 31.0 Å². The maximum absolute atomic E-state index is 12.6. The maximum atomic E-state index is 12.6. The molecule has 1 N–H and O–H groups in total. The van der Waals surface area contributed by atoms with Crippen LogP contribution < -0.4 is 5.32 Å². The summed E-state index contributed by atoms with van der Waals surface area (Å²) >= 11 is 0. The van der Waals surface area contributed by atoms with Crippen LogP contribution in [0, 0.1) is 5.92 Å². The molecular formula is C16H20N4O2S. The number of aryl methyl sites for hydroxylation is 1. The number of anilines is 1. The largest absolute Gasteiger partial charge is 0.334 e. The van der Waals surface area contributed by atoms with Crippen LogP contribution in [-0.2, 0) is 27.5 Å². The Morgan fingerprint density at radius 2 is 2.17 bits per heavy atom. The molecule has 2 heterocycles. The van der Waals surface area contributed by atoms with Gasteiger partial charge in [0.15, 0.2) is 0 Å². The van der Waals surface area contributed by atoms with Gasteiger partial charge in [-0.1, -0.05) is 12.1 Å². The van der Waals surface area contributed by atoms with Crippen molar-refractivity contribution < 1.29 is 9.00 Å². The second-order valence-corrected chi connectivity index (χ2v) is 8.60. The van der Waals surface area contributed by atoms with E-state index in [0.717, 1.165) is 12.8 Å². The highest BCUT2D eigenvalue weighted by atomic mass is 32.2. The van der Waals surface area contributed by atoms with Gasteiger partial charge in [-0.05, 0) is 25.0 Å². The molecule has 122 valence electrons. The van der Waals surface area contributed by atoms with Gasteiger partial charge in [-0.15, -0.1) is 0 Å². The summed E-state index contributed by atoms with van der Waals surface area (Å²) in [6.07, 6.45) is 8.42. The summed E-state index contributed by atoms with van der Waals surface area (Å²) < 4.78 is 18.2. The number of carbonyl (C=O) groups excluding carboxylic acids is 1. The zero-order chi connectivity index (χ0) is 16.4. The molecule has 6 nitrogen and oxygen atoms in total. The lowest BCUT2D eigenvalue weighted by Gasteiger charge is -2.23. The summed E-state index contributed by atoms with van der Waals surface area (Å²) in [6.45, 7) is 0.638. The fourth-order valence-electron chi connectivity index (χ4n) is 2.72. The number of para-hydroxylation sites is 1. The molecule has 1 aromatic carbocycles. The van der Waals surface area contributed by atoms with E-state index in [4.69, 9.17) is 0 Å². The Labute approximate surface area is 136 Å². The third-order valence-electron chi connectivity index (χ3n) is 3.82. The van der Waals surface area contributed by atoms with Crippen LogP contribution in [0.1, 0.15) is 12.1 Å². The first-order valence-corrected chi connectivity index (χ1v) is 9.81. The van der Waals surface area contributed by atoms with Crippen molar-refractivity contribution in [1.29, 1.82) is 0 Å². The monoisotopic (exact) mass is 332 g/mol. The minimum absolute atomic E-state index is 0.0364. The van der Waals surface area contributed by atoms with Gasteiger partial charge in [0.1, 0.15) is 0 Å². The first kappa shape index (κ1) is 15.7. The van der Waals surface area contributed by atoms with Crippen LogP contribution in [0.4, 0.5) is 11.4 Å². The first-order chi connectivity index (χ1) is 10.9. The van der Waals surface area contributed by atoms with Crippen molar-refractivity contribution >= 4 is 27.0 Å². The Kier molecular flexibility index (Phi) is 4.21. The number of rotatable bonds is 3. The Bertz CT molecular complexity index is 841. The van der Waals surface area contributed by atoms with Crippen LogP contribution in [0.5, 0.6) is 0 Å². The van der Waals surface area contributed by atoms with Crippen LogP contribution in [0.3, 0.4) is 0 Å². The van der Waals surface area contributed by atoms with E-state index in [9.17, 15) is 9.00 Å². The highest BCUT2D eigenvalue weighted by Crippen LogP contribution is 2.27. The van der Waals surface area contributed by atoms with Gasteiger partial charge in [0.2, 0.25) is 5.91 Å². The molecule has 0 radical (unpaired) electrons. The highest BCUT2D eigenvalue weighted by molar-refractivity contribution is 7.92. The molecule has 2 aromatic rings. The van der Waals surface area contributed by atoms with Gasteiger partial charge in [0.05, 0.1) is 23.6 Å². The molecule has 1 aromatic heterocycles. The number of aromatic nitrogens is 2. The van der Waals surface area contributed by atoms with Gasteiger partial charge < -0.3 is 9.88 Å². The van der Waals surface area contributed by atoms with Crippen molar-refractivity contribution in [1.82, 2.24) is 9.55 Å². The summed E-state index contributed by atoms with van der Waals surface area (Å²) in [5.74, 6) is -0.136. The van der Waals surface area contributed by atoms with Gasteiger partial charge in [-0.3, -0.25) is 4.79 Å². The van der Waals surface area contributed by atoms with E-state index >= 15 is 0 Å². The van der Waals surface area contributed by atoms with Crippen molar-refractivity contribution in [3.8, 4) is 0 Å². The highest BCUT2D eigenvalue weighted by Gasteiger charge is 2.25. The van der Waals surface area contributed by atoms with Crippen LogP contribution in [0.25, 0.3) is 0 Å². The second kappa shape index (κ2) is 6.16. The SMILES string of the molecule is CS(C)(=O)=Nc1ccccc1NC(=O)C1CCc2cncn2C1. The molecule has 1 atom stereocenters. The summed E-state index contributed by atoms with van der Waals surface area (Å²) in [7, 11) is -2.28. The smallest absolute Gasteiger partial charge is 0.229 e. The first-order valence-electron chi connectivity index (χ1n) is 7.48. The van der Waals surface area contributed by atoms with E-state index in [2.05, 4.69) is 14.7 Å². The van der Waals surface area contributed by atoms with E-state index in [-0.39, 0.29) is 11.8 Å². The van der Waals surface area contributed by atoms with Crippen molar-refractivity contribution in [2.45, 2.75) is 19.4 Å². The van der Waals surface area contributed by atoms with Gasteiger partial charge in [-0.25, -0.2) is 9.19 Å². The number of nitrogens with one attached hydrogen (secondary N) is 1. The lowest BCUT2D eigenvalue weighted by molar-refractivity contribution is -0.120. The molecule has 0 bridgehead atoms. The molecule has 7 heteroatoms. The zero-order valence-electron chi connectivity index (χ0n) is 13.2. The molecule has 1 amide bonds. The fraction of sp³-hybridized carbons (Fsp3) is 0.375. The minimum Gasteiger partial charge on any atom is -0.334 e. The van der Waals surface area contributed by atoms with Crippen molar-refractivity contribution in [3.63, 3.8) is 0 Å². The lowest BCUT2D eigenvalue weighted by atomic mass is 9.97. The van der Waals surface area contributed by atoms with Crippen molar-refractivity contribution in [3.05, 3.63) is 42.5 Å². The second-order valence-electron chi connectivity index (χ2n) is 6.05. The molecule has 0 fully saturated rings. The summed E-state index contributed by atoms with van der Waals surface area (Å²) in [6, 6.07) is 7.19. The van der Waals surface area contributed by atoms with E-state index in [0.29, 0.717) is 17.9 Å². The summed E-state index contributed by atoms with van der Waals surface area (Å²) in [5.41, 5.74) is 2.32. The number of amides is 1.